The molecule has 6 nitrogen and oxygen atoms in total. The molecule has 1 N–H and O–H groups in total. The predicted octanol–water partition coefficient (Wildman–Crippen LogP) is 3.15. The Bertz CT molecular complexity index is 986. The summed E-state index contributed by atoms with van der Waals surface area (Å²) in [4.78, 5) is 12.6. The lowest BCUT2D eigenvalue weighted by atomic mass is 10.0. The number of methoxy groups -OCH3 is 1. The number of nitrogens with zero attached hydrogens (tertiary/aromatic N) is 4. The van der Waals surface area contributed by atoms with Gasteiger partial charge in [0.05, 0.1) is 30.6 Å². The summed E-state index contributed by atoms with van der Waals surface area (Å²) in [5.74, 6) is -0.109. The van der Waals surface area contributed by atoms with Crippen LogP contribution in [0.4, 0.5) is 29.1 Å². The van der Waals surface area contributed by atoms with Crippen LogP contribution in [-0.2, 0) is 19.1 Å². The first-order chi connectivity index (χ1) is 14.8. The van der Waals surface area contributed by atoms with E-state index in [1.807, 2.05) is 0 Å². The molecule has 1 aromatic carbocycles. The number of anilines is 2. The number of piperazine rings is 1. The number of ether oxygens (including phenoxy) is 1. The second kappa shape index (κ2) is 7.51. The van der Waals surface area contributed by atoms with Crippen molar-refractivity contribution in [1.82, 2.24) is 15.3 Å². The van der Waals surface area contributed by atoms with E-state index in [1.54, 1.807) is 0 Å². The molecule has 2 aromatic rings. The summed E-state index contributed by atoms with van der Waals surface area (Å²) in [6.07, 6.45) is -1.98. The molecule has 2 fully saturated rings. The van der Waals surface area contributed by atoms with Crippen LogP contribution in [0.2, 0.25) is 0 Å². The Morgan fingerprint density at radius 1 is 1.10 bits per heavy atom. The molecule has 1 aromatic heterocycles. The van der Waals surface area contributed by atoms with E-state index in [2.05, 4.69) is 20.2 Å². The third-order valence-electron chi connectivity index (χ3n) is 6.33. The number of fused-ring (bicyclic) bond motifs is 3. The zero-order chi connectivity index (χ0) is 21.8. The van der Waals surface area contributed by atoms with Gasteiger partial charge in [-0.05, 0) is 31.4 Å². The van der Waals surface area contributed by atoms with Gasteiger partial charge in [-0.15, -0.1) is 0 Å². The number of hydrogen-bond donors (Lipinski definition) is 1. The van der Waals surface area contributed by atoms with Gasteiger partial charge in [0.25, 0.3) is 0 Å². The van der Waals surface area contributed by atoms with Crippen molar-refractivity contribution in [2.45, 2.75) is 44.1 Å². The molecule has 3 aliphatic heterocycles. The van der Waals surface area contributed by atoms with Crippen LogP contribution in [0, 0.1) is 5.82 Å². The van der Waals surface area contributed by atoms with E-state index in [0.717, 1.165) is 55.5 Å². The monoisotopic (exact) mass is 437 g/mol. The van der Waals surface area contributed by atoms with Crippen molar-refractivity contribution in [3.63, 3.8) is 0 Å². The van der Waals surface area contributed by atoms with E-state index < -0.39 is 23.2 Å². The normalized spacial score (nSPS) is 23.1. The summed E-state index contributed by atoms with van der Waals surface area (Å²) < 4.78 is 60.4. The highest BCUT2D eigenvalue weighted by atomic mass is 19.4. The average molecular weight is 437 g/mol. The molecular weight excluding hydrogens is 414 g/mol. The molecule has 2 atom stereocenters. The summed E-state index contributed by atoms with van der Waals surface area (Å²) in [6, 6.07) is 4.04. The lowest BCUT2D eigenvalue weighted by Crippen LogP contribution is -2.52. The van der Waals surface area contributed by atoms with Gasteiger partial charge < -0.3 is 19.9 Å². The Morgan fingerprint density at radius 3 is 2.52 bits per heavy atom. The Hall–Kier alpha value is -2.62. The Balaban J connectivity index is 1.51. The Labute approximate surface area is 177 Å². The summed E-state index contributed by atoms with van der Waals surface area (Å²) in [7, 11) is 1.46. The van der Waals surface area contributed by atoms with Gasteiger partial charge in [-0.2, -0.15) is 23.1 Å². The molecule has 5 rings (SSSR count). The minimum Gasteiger partial charge on any atom is -0.467 e. The van der Waals surface area contributed by atoms with Gasteiger partial charge in [-0.25, -0.2) is 4.39 Å². The maximum absolute atomic E-state index is 14.5. The van der Waals surface area contributed by atoms with E-state index in [-0.39, 0.29) is 19.1 Å². The number of nitrogens with one attached hydrogen (secondary N) is 1. The molecule has 0 spiro atoms. The van der Waals surface area contributed by atoms with Gasteiger partial charge in [0.2, 0.25) is 0 Å². The van der Waals surface area contributed by atoms with Crippen molar-refractivity contribution in [2.75, 3.05) is 36.5 Å². The van der Waals surface area contributed by atoms with Crippen LogP contribution < -0.4 is 19.9 Å². The van der Waals surface area contributed by atoms with Gasteiger partial charge in [0.1, 0.15) is 11.6 Å². The fourth-order valence-corrected chi connectivity index (χ4v) is 4.97. The van der Waals surface area contributed by atoms with Crippen molar-refractivity contribution in [2.24, 2.45) is 0 Å². The molecular formula is C21H23F4N5O. The Kier molecular flexibility index (Phi) is 4.91. The van der Waals surface area contributed by atoms with E-state index >= 15 is 0 Å². The van der Waals surface area contributed by atoms with Crippen LogP contribution in [0.25, 0.3) is 0 Å². The van der Waals surface area contributed by atoms with Crippen molar-refractivity contribution in [3.05, 3.63) is 40.8 Å². The molecule has 31 heavy (non-hydrogen) atoms. The molecule has 2 saturated heterocycles. The SMILES string of the molecule is COc1nc2c(c(N3CC4CCC(C3)N4)n1)CCN(c1c(F)cccc1C(F)(F)F)C2. The molecule has 10 heteroatoms. The molecule has 0 saturated carbocycles. The van der Waals surface area contributed by atoms with E-state index in [9.17, 15) is 17.6 Å². The number of halogens is 4. The minimum absolute atomic E-state index is 0.0597. The van der Waals surface area contributed by atoms with Gasteiger partial charge in [0, 0.05) is 37.3 Å². The van der Waals surface area contributed by atoms with Gasteiger partial charge in [0.15, 0.2) is 0 Å². The summed E-state index contributed by atoms with van der Waals surface area (Å²) in [5.41, 5.74) is 0.0782. The molecule has 0 aliphatic carbocycles. The number of hydrogen-bond acceptors (Lipinski definition) is 6. The fourth-order valence-electron chi connectivity index (χ4n) is 4.97. The first-order valence-corrected chi connectivity index (χ1v) is 10.4. The third kappa shape index (κ3) is 3.66. The molecule has 2 bridgehead atoms. The van der Waals surface area contributed by atoms with Crippen LogP contribution in [0.5, 0.6) is 6.01 Å². The number of para-hydroxylation sites is 1. The van der Waals surface area contributed by atoms with Crippen LogP contribution >= 0.6 is 0 Å². The van der Waals surface area contributed by atoms with Crippen LogP contribution in [-0.4, -0.2) is 48.8 Å². The average Bonchev–Trinajstić information content (AvgIpc) is 3.09. The third-order valence-corrected chi connectivity index (χ3v) is 6.33. The quantitative estimate of drug-likeness (QED) is 0.745. The van der Waals surface area contributed by atoms with Crippen molar-refractivity contribution in [1.29, 1.82) is 0 Å². The van der Waals surface area contributed by atoms with Crippen molar-refractivity contribution >= 4 is 11.5 Å². The predicted molar refractivity (Wildman–Crippen MR) is 107 cm³/mol. The second-order valence-corrected chi connectivity index (χ2v) is 8.31. The smallest absolute Gasteiger partial charge is 0.418 e. The Morgan fingerprint density at radius 2 is 1.84 bits per heavy atom. The van der Waals surface area contributed by atoms with Crippen LogP contribution in [0.15, 0.2) is 18.2 Å². The number of rotatable bonds is 3. The zero-order valence-electron chi connectivity index (χ0n) is 17.0. The zero-order valence-corrected chi connectivity index (χ0v) is 17.0. The number of aromatic nitrogens is 2. The highest BCUT2D eigenvalue weighted by Crippen LogP contribution is 2.40. The largest absolute Gasteiger partial charge is 0.467 e. The highest BCUT2D eigenvalue weighted by Gasteiger charge is 2.39. The summed E-state index contributed by atoms with van der Waals surface area (Å²) in [5, 5.41) is 3.58. The van der Waals surface area contributed by atoms with Crippen molar-refractivity contribution < 1.29 is 22.3 Å². The maximum atomic E-state index is 14.5. The lowest BCUT2D eigenvalue weighted by Gasteiger charge is -2.37. The van der Waals surface area contributed by atoms with Gasteiger partial charge in [-0.3, -0.25) is 0 Å². The fraction of sp³-hybridized carbons (Fsp3) is 0.524. The first kappa shape index (κ1) is 20.3. The first-order valence-electron chi connectivity index (χ1n) is 10.4. The van der Waals surface area contributed by atoms with Crippen LogP contribution in [0.1, 0.15) is 29.7 Å². The highest BCUT2D eigenvalue weighted by molar-refractivity contribution is 5.60. The minimum atomic E-state index is -4.65. The molecule has 2 unspecified atom stereocenters. The van der Waals surface area contributed by atoms with E-state index in [4.69, 9.17) is 4.74 Å². The maximum Gasteiger partial charge on any atom is 0.418 e. The molecule has 0 radical (unpaired) electrons. The molecule has 3 aliphatic rings. The number of alkyl halides is 3. The standard InChI is InChI=1S/C21H23F4N5O/c1-31-20-27-17-11-29(18-15(21(23,24)25)3-2-4-16(18)22)8-7-14(17)19(28-20)30-9-12-5-6-13(10-30)26-12/h2-4,12-13,26H,5-11H2,1H3. The molecule has 166 valence electrons. The molecule has 0 amide bonds. The van der Waals surface area contributed by atoms with Gasteiger partial charge in [-0.1, -0.05) is 6.07 Å². The van der Waals surface area contributed by atoms with E-state index in [1.165, 1.54) is 12.0 Å². The lowest BCUT2D eigenvalue weighted by molar-refractivity contribution is -0.137. The van der Waals surface area contributed by atoms with Gasteiger partial charge >= 0.3 is 12.2 Å². The van der Waals surface area contributed by atoms with E-state index in [0.29, 0.717) is 24.2 Å². The topological polar surface area (TPSA) is 53.5 Å². The summed E-state index contributed by atoms with van der Waals surface area (Å²) >= 11 is 0. The second-order valence-electron chi connectivity index (χ2n) is 8.31. The molecule has 4 heterocycles. The van der Waals surface area contributed by atoms with Crippen LogP contribution in [0.3, 0.4) is 0 Å². The van der Waals surface area contributed by atoms with Crippen molar-refractivity contribution in [3.8, 4) is 6.01 Å². The number of benzene rings is 1. The summed E-state index contributed by atoms with van der Waals surface area (Å²) in [6.45, 7) is 1.94.